The summed E-state index contributed by atoms with van der Waals surface area (Å²) in [6.07, 6.45) is 7.15. The van der Waals surface area contributed by atoms with E-state index < -0.39 is 0 Å². The number of rotatable bonds is 2. The highest BCUT2D eigenvalue weighted by Crippen LogP contribution is 2.34. The maximum Gasteiger partial charge on any atom is 0.177 e. The Morgan fingerprint density at radius 1 is 1.44 bits per heavy atom. The number of aryl methyl sites for hydroxylation is 1. The molecule has 1 unspecified atom stereocenters. The Morgan fingerprint density at radius 3 is 3.06 bits per heavy atom. The molecule has 0 saturated carbocycles. The largest absolute Gasteiger partial charge is 0.496 e. The molecule has 0 saturated heterocycles. The topological polar surface area (TPSA) is 29.9 Å². The summed E-state index contributed by atoms with van der Waals surface area (Å²) in [7, 11) is 1.74. The summed E-state index contributed by atoms with van der Waals surface area (Å²) in [6, 6.07) is 6.75. The summed E-state index contributed by atoms with van der Waals surface area (Å²) in [5.74, 6) is 0.999. The lowest BCUT2D eigenvalue weighted by Crippen LogP contribution is -2.18. The molecule has 94 valence electrons. The number of hydrogen-bond acceptors (Lipinski definition) is 2. The van der Waals surface area contributed by atoms with Crippen LogP contribution in [-0.2, 0) is 12.8 Å². The van der Waals surface area contributed by atoms with Crippen LogP contribution in [0.25, 0.3) is 0 Å². The van der Waals surface area contributed by atoms with E-state index in [1.54, 1.807) is 7.11 Å². The van der Waals surface area contributed by atoms with Gasteiger partial charge in [-0.05, 0) is 48.7 Å². The molecule has 0 amide bonds. The van der Waals surface area contributed by atoms with E-state index in [1.807, 2.05) is 18.5 Å². The lowest BCUT2D eigenvalue weighted by Gasteiger charge is -2.27. The second kappa shape index (κ2) is 4.61. The van der Waals surface area contributed by atoms with Gasteiger partial charge in [-0.15, -0.1) is 0 Å². The van der Waals surface area contributed by atoms with Crippen molar-refractivity contribution >= 4 is 12.2 Å². The summed E-state index contributed by atoms with van der Waals surface area (Å²) < 4.78 is 8.43. The molecule has 1 aromatic heterocycles. The highest BCUT2D eigenvalue weighted by atomic mass is 32.1. The van der Waals surface area contributed by atoms with Crippen LogP contribution in [-0.4, -0.2) is 16.7 Å². The predicted octanol–water partition coefficient (Wildman–Crippen LogP) is 3.28. The number of aromatic nitrogens is 2. The van der Waals surface area contributed by atoms with Gasteiger partial charge in [0.1, 0.15) is 5.75 Å². The van der Waals surface area contributed by atoms with Crippen LogP contribution in [0.4, 0.5) is 0 Å². The first-order chi connectivity index (χ1) is 8.79. The molecule has 1 aromatic carbocycles. The quantitative estimate of drug-likeness (QED) is 0.840. The molecule has 0 bridgehead atoms. The van der Waals surface area contributed by atoms with Crippen LogP contribution in [0.5, 0.6) is 5.75 Å². The number of nitrogens with zero attached hydrogens (tertiary/aromatic N) is 1. The lowest BCUT2D eigenvalue weighted by molar-refractivity contribution is 0.387. The Morgan fingerprint density at radius 2 is 2.33 bits per heavy atom. The summed E-state index contributed by atoms with van der Waals surface area (Å²) in [6.45, 7) is 0. The van der Waals surface area contributed by atoms with E-state index in [1.165, 1.54) is 11.1 Å². The molecule has 1 atom stereocenters. The molecule has 1 heterocycles. The van der Waals surface area contributed by atoms with Crippen molar-refractivity contribution in [2.45, 2.75) is 25.3 Å². The molecule has 0 spiro atoms. The first-order valence-corrected chi connectivity index (χ1v) is 6.60. The van der Waals surface area contributed by atoms with Gasteiger partial charge in [0, 0.05) is 18.4 Å². The smallest absolute Gasteiger partial charge is 0.177 e. The van der Waals surface area contributed by atoms with Crippen LogP contribution in [0, 0.1) is 4.77 Å². The summed E-state index contributed by atoms with van der Waals surface area (Å²) in [5.41, 5.74) is 2.74. The van der Waals surface area contributed by atoms with E-state index in [2.05, 4.69) is 21.7 Å². The third-order valence-electron chi connectivity index (χ3n) is 3.71. The highest BCUT2D eigenvalue weighted by Gasteiger charge is 2.22. The number of ether oxygens (including phenoxy) is 1. The minimum atomic E-state index is 0.438. The van der Waals surface area contributed by atoms with E-state index in [0.717, 1.165) is 29.8 Å². The van der Waals surface area contributed by atoms with Crippen molar-refractivity contribution < 1.29 is 4.74 Å². The molecule has 2 aromatic rings. The minimum Gasteiger partial charge on any atom is -0.496 e. The number of imidazole rings is 1. The number of methoxy groups -OCH3 is 1. The van der Waals surface area contributed by atoms with E-state index >= 15 is 0 Å². The first-order valence-electron chi connectivity index (χ1n) is 6.20. The van der Waals surface area contributed by atoms with Gasteiger partial charge in [0.25, 0.3) is 0 Å². The molecular weight excluding hydrogens is 244 g/mol. The van der Waals surface area contributed by atoms with Crippen molar-refractivity contribution in [1.29, 1.82) is 0 Å². The zero-order chi connectivity index (χ0) is 12.5. The SMILES string of the molecule is COc1cccc2c1CC(n1cc[nH]c1=S)CC2. The van der Waals surface area contributed by atoms with Crippen molar-refractivity contribution in [3.05, 3.63) is 46.5 Å². The molecule has 1 aliphatic carbocycles. The summed E-state index contributed by atoms with van der Waals surface area (Å²) >= 11 is 5.30. The molecule has 1 aliphatic rings. The Labute approximate surface area is 111 Å². The number of benzene rings is 1. The fraction of sp³-hybridized carbons (Fsp3) is 0.357. The van der Waals surface area contributed by atoms with E-state index in [4.69, 9.17) is 17.0 Å². The molecule has 4 heteroatoms. The van der Waals surface area contributed by atoms with Crippen molar-refractivity contribution in [2.24, 2.45) is 0 Å². The molecule has 3 rings (SSSR count). The molecule has 18 heavy (non-hydrogen) atoms. The molecule has 0 radical (unpaired) electrons. The van der Waals surface area contributed by atoms with Gasteiger partial charge in [0.05, 0.1) is 7.11 Å². The lowest BCUT2D eigenvalue weighted by atomic mass is 9.87. The molecule has 0 fully saturated rings. The average molecular weight is 260 g/mol. The zero-order valence-corrected chi connectivity index (χ0v) is 11.2. The fourth-order valence-electron chi connectivity index (χ4n) is 2.78. The van der Waals surface area contributed by atoms with Crippen LogP contribution in [0.2, 0.25) is 0 Å². The van der Waals surface area contributed by atoms with Gasteiger partial charge in [-0.3, -0.25) is 0 Å². The van der Waals surface area contributed by atoms with Crippen LogP contribution < -0.4 is 4.74 Å². The molecular formula is C14H16N2OS. The van der Waals surface area contributed by atoms with E-state index in [9.17, 15) is 0 Å². The maximum atomic E-state index is 5.47. The van der Waals surface area contributed by atoms with Crippen LogP contribution in [0.3, 0.4) is 0 Å². The normalized spacial score (nSPS) is 18.4. The second-order valence-corrected chi connectivity index (χ2v) is 5.05. The van der Waals surface area contributed by atoms with Crippen molar-refractivity contribution in [1.82, 2.24) is 9.55 Å². The maximum absolute atomic E-state index is 5.47. The second-order valence-electron chi connectivity index (χ2n) is 4.67. The van der Waals surface area contributed by atoms with Gasteiger partial charge in [0.2, 0.25) is 0 Å². The summed E-state index contributed by atoms with van der Waals surface area (Å²) in [5, 5.41) is 0. The van der Waals surface area contributed by atoms with Gasteiger partial charge in [0.15, 0.2) is 4.77 Å². The van der Waals surface area contributed by atoms with E-state index in [0.29, 0.717) is 6.04 Å². The fourth-order valence-corrected chi connectivity index (χ4v) is 3.06. The number of nitrogens with one attached hydrogen (secondary N) is 1. The van der Waals surface area contributed by atoms with Gasteiger partial charge >= 0.3 is 0 Å². The van der Waals surface area contributed by atoms with Gasteiger partial charge in [-0.2, -0.15) is 0 Å². The third-order valence-corrected chi connectivity index (χ3v) is 4.04. The molecule has 1 N–H and O–H groups in total. The van der Waals surface area contributed by atoms with Crippen LogP contribution >= 0.6 is 12.2 Å². The number of aromatic amines is 1. The number of fused-ring (bicyclic) bond motifs is 1. The molecule has 3 nitrogen and oxygen atoms in total. The standard InChI is InChI=1S/C14H16N2OS/c1-17-13-4-2-3-10-5-6-11(9-12(10)13)16-8-7-15-14(16)18/h2-4,7-8,11H,5-6,9H2,1H3,(H,15,18). The van der Waals surface area contributed by atoms with Gasteiger partial charge in [-0.1, -0.05) is 12.1 Å². The first kappa shape index (κ1) is 11.5. The number of H-pyrrole nitrogens is 1. The summed E-state index contributed by atoms with van der Waals surface area (Å²) in [4.78, 5) is 3.07. The van der Waals surface area contributed by atoms with Crippen LogP contribution in [0.1, 0.15) is 23.6 Å². The average Bonchev–Trinajstić information content (AvgIpc) is 2.83. The Hall–Kier alpha value is -1.55. The molecule has 0 aliphatic heterocycles. The van der Waals surface area contributed by atoms with E-state index in [-0.39, 0.29) is 0 Å². The Balaban J connectivity index is 1.98. The van der Waals surface area contributed by atoms with Crippen LogP contribution in [0.15, 0.2) is 30.6 Å². The van der Waals surface area contributed by atoms with Crippen molar-refractivity contribution in [3.8, 4) is 5.75 Å². The minimum absolute atomic E-state index is 0.438. The van der Waals surface area contributed by atoms with Gasteiger partial charge in [-0.25, -0.2) is 0 Å². The highest BCUT2D eigenvalue weighted by molar-refractivity contribution is 7.71. The Bertz CT molecular complexity index is 600. The number of hydrogen-bond donors (Lipinski definition) is 1. The monoisotopic (exact) mass is 260 g/mol. The van der Waals surface area contributed by atoms with Crippen molar-refractivity contribution in [3.63, 3.8) is 0 Å². The zero-order valence-electron chi connectivity index (χ0n) is 10.3. The Kier molecular flexibility index (Phi) is 2.96. The van der Waals surface area contributed by atoms with Crippen molar-refractivity contribution in [2.75, 3.05) is 7.11 Å². The van der Waals surface area contributed by atoms with Gasteiger partial charge < -0.3 is 14.3 Å². The third kappa shape index (κ3) is 1.86. The predicted molar refractivity (Wildman–Crippen MR) is 73.7 cm³/mol.